The summed E-state index contributed by atoms with van der Waals surface area (Å²) < 4.78 is 32.6. The second-order valence-electron chi connectivity index (χ2n) is 11.0. The predicted octanol–water partition coefficient (Wildman–Crippen LogP) is 3.76. The van der Waals surface area contributed by atoms with Crippen molar-refractivity contribution in [3.05, 3.63) is 47.5 Å². The van der Waals surface area contributed by atoms with E-state index in [1.807, 2.05) is 23.1 Å². The van der Waals surface area contributed by atoms with Gasteiger partial charge in [-0.2, -0.15) is 4.52 Å². The van der Waals surface area contributed by atoms with Gasteiger partial charge in [-0.15, -0.1) is 5.10 Å². The van der Waals surface area contributed by atoms with E-state index < -0.39 is 5.82 Å². The van der Waals surface area contributed by atoms with Gasteiger partial charge in [0.2, 0.25) is 11.9 Å². The molecule has 6 rings (SSSR count). The van der Waals surface area contributed by atoms with Gasteiger partial charge in [0, 0.05) is 54.7 Å². The van der Waals surface area contributed by atoms with Gasteiger partial charge in [-0.3, -0.25) is 4.79 Å². The number of rotatable bonds is 8. The van der Waals surface area contributed by atoms with E-state index in [9.17, 15) is 9.18 Å². The first-order valence-corrected chi connectivity index (χ1v) is 14.3. The molecule has 2 aromatic heterocycles. The molecule has 4 heterocycles. The zero-order valence-corrected chi connectivity index (χ0v) is 24.3. The summed E-state index contributed by atoms with van der Waals surface area (Å²) in [5.41, 5.74) is 1.89. The highest BCUT2D eigenvalue weighted by Gasteiger charge is 2.36. The Labute approximate surface area is 243 Å². The Balaban J connectivity index is 1.37. The maximum absolute atomic E-state index is 14.9. The van der Waals surface area contributed by atoms with Crippen molar-refractivity contribution in [1.29, 1.82) is 0 Å². The maximum atomic E-state index is 14.9. The number of hydrogen-bond donors (Lipinski definition) is 2. The van der Waals surface area contributed by atoms with Crippen LogP contribution >= 0.6 is 0 Å². The third-order valence-corrected chi connectivity index (χ3v) is 8.43. The number of hydrogen-bond acceptors (Lipinski definition) is 9. The normalized spacial score (nSPS) is 20.7. The van der Waals surface area contributed by atoms with E-state index in [2.05, 4.69) is 17.6 Å². The first kappa shape index (κ1) is 28.0. The summed E-state index contributed by atoms with van der Waals surface area (Å²) in [6.45, 7) is 4.63. The van der Waals surface area contributed by atoms with Gasteiger partial charge in [0.1, 0.15) is 11.5 Å². The molecule has 2 aliphatic heterocycles. The molecular formula is C30H36FN7O4. The predicted molar refractivity (Wildman–Crippen MR) is 156 cm³/mol. The lowest BCUT2D eigenvalue weighted by Crippen LogP contribution is -2.48. The number of nitrogens with zero attached hydrogens (tertiary/aromatic N) is 5. The quantitative estimate of drug-likeness (QED) is 0.323. The van der Waals surface area contributed by atoms with Gasteiger partial charge in [0.15, 0.2) is 23.0 Å². The second kappa shape index (κ2) is 11.6. The zero-order chi connectivity index (χ0) is 29.4. The molecule has 2 aromatic carbocycles. The minimum Gasteiger partial charge on any atom is -0.497 e. The van der Waals surface area contributed by atoms with Gasteiger partial charge in [-0.25, -0.2) is 14.4 Å². The highest BCUT2D eigenvalue weighted by molar-refractivity contribution is 5.93. The monoisotopic (exact) mass is 577 g/mol. The van der Waals surface area contributed by atoms with E-state index in [0.29, 0.717) is 52.9 Å². The van der Waals surface area contributed by atoms with Crippen molar-refractivity contribution in [2.75, 3.05) is 46.3 Å². The van der Waals surface area contributed by atoms with E-state index in [0.717, 1.165) is 37.9 Å². The minimum absolute atomic E-state index is 0.0112. The van der Waals surface area contributed by atoms with Gasteiger partial charge >= 0.3 is 0 Å². The molecule has 222 valence electrons. The highest BCUT2D eigenvalue weighted by atomic mass is 19.1. The molecule has 11 nitrogen and oxygen atoms in total. The summed E-state index contributed by atoms with van der Waals surface area (Å²) in [7, 11) is 4.64. The van der Waals surface area contributed by atoms with Crippen LogP contribution in [0.3, 0.4) is 0 Å². The molecular weight excluding hydrogens is 541 g/mol. The number of halogens is 1. The second-order valence-corrected chi connectivity index (χ2v) is 11.0. The third-order valence-electron chi connectivity index (χ3n) is 8.43. The van der Waals surface area contributed by atoms with E-state index in [1.165, 1.54) is 13.2 Å². The fourth-order valence-electron chi connectivity index (χ4n) is 5.97. The van der Waals surface area contributed by atoms with Crippen molar-refractivity contribution in [2.24, 2.45) is 5.92 Å². The summed E-state index contributed by atoms with van der Waals surface area (Å²) in [5.74, 6) is 2.16. The Kier molecular flexibility index (Phi) is 7.72. The summed E-state index contributed by atoms with van der Waals surface area (Å²) >= 11 is 0. The van der Waals surface area contributed by atoms with Crippen LogP contribution in [0, 0.1) is 11.7 Å². The van der Waals surface area contributed by atoms with Crippen molar-refractivity contribution < 1.29 is 23.4 Å². The first-order chi connectivity index (χ1) is 20.4. The number of carbonyl (C=O) groups excluding carboxylic acids is 1. The number of ether oxygens (including phenoxy) is 3. The first-order valence-electron chi connectivity index (χ1n) is 14.3. The number of benzene rings is 2. The van der Waals surface area contributed by atoms with Crippen LogP contribution < -0.4 is 24.8 Å². The van der Waals surface area contributed by atoms with Crippen LogP contribution in [0.5, 0.6) is 17.2 Å². The smallest absolute Gasteiger partial charge is 0.227 e. The van der Waals surface area contributed by atoms with Crippen LogP contribution in [-0.2, 0) is 11.3 Å². The molecule has 0 spiro atoms. The molecule has 0 radical (unpaired) electrons. The molecule has 2 fully saturated rings. The van der Waals surface area contributed by atoms with Crippen molar-refractivity contribution >= 4 is 28.4 Å². The fourth-order valence-corrected chi connectivity index (χ4v) is 5.97. The Morgan fingerprint density at radius 2 is 1.90 bits per heavy atom. The Hall–Kier alpha value is -4.19. The van der Waals surface area contributed by atoms with Crippen molar-refractivity contribution in [3.63, 3.8) is 0 Å². The van der Waals surface area contributed by atoms with Crippen LogP contribution in [0.2, 0.25) is 0 Å². The molecule has 1 amide bonds. The number of methoxy groups -OCH3 is 3. The number of carbonyl (C=O) groups is 1. The fraction of sp³-hybridized carbons (Fsp3) is 0.467. The molecule has 42 heavy (non-hydrogen) atoms. The summed E-state index contributed by atoms with van der Waals surface area (Å²) in [4.78, 5) is 25.1. The lowest BCUT2D eigenvalue weighted by atomic mass is 9.91. The molecule has 2 N–H and O–H groups in total. The third kappa shape index (κ3) is 5.15. The molecule has 0 saturated carbocycles. The van der Waals surface area contributed by atoms with Crippen molar-refractivity contribution in [1.82, 2.24) is 29.8 Å². The van der Waals surface area contributed by atoms with E-state index in [-0.39, 0.29) is 29.5 Å². The Morgan fingerprint density at radius 1 is 1.07 bits per heavy atom. The number of fused-ring (bicyclic) bond motifs is 3. The van der Waals surface area contributed by atoms with Crippen molar-refractivity contribution in [3.8, 4) is 17.2 Å². The van der Waals surface area contributed by atoms with Gasteiger partial charge < -0.3 is 29.7 Å². The van der Waals surface area contributed by atoms with Crippen LogP contribution in [-0.4, -0.2) is 77.4 Å². The average molecular weight is 578 g/mol. The Morgan fingerprint density at radius 3 is 2.64 bits per heavy atom. The molecule has 3 atom stereocenters. The summed E-state index contributed by atoms with van der Waals surface area (Å²) in [6.07, 6.45) is 2.57. The van der Waals surface area contributed by atoms with Gasteiger partial charge in [-0.05, 0) is 50.9 Å². The lowest BCUT2D eigenvalue weighted by Gasteiger charge is -2.38. The molecule has 0 unspecified atom stereocenters. The molecule has 2 saturated heterocycles. The largest absolute Gasteiger partial charge is 0.497 e. The standard InChI is InChI=1S/C30H36FN7O4/c1-17-5-6-20(16-37(17)29(39)19-9-10-32-14-19)27-35-28-22-12-23(31)26(42-4)13-24(22)34-30(38(28)36-27)33-15-18-7-8-21(40-2)11-25(18)41-3/h7-8,11-13,17,19-20,32H,5-6,9-10,14-16H2,1-4H3,(H,33,34)/t17-,19+,20+/m0/s1. The van der Waals surface area contributed by atoms with Crippen LogP contribution in [0.1, 0.15) is 43.5 Å². The molecule has 0 aliphatic carbocycles. The van der Waals surface area contributed by atoms with E-state index >= 15 is 0 Å². The number of amides is 1. The van der Waals surface area contributed by atoms with Gasteiger partial charge in [0.25, 0.3) is 0 Å². The molecule has 4 aromatic rings. The number of likely N-dealkylation sites (tertiary alicyclic amines) is 1. The van der Waals surface area contributed by atoms with E-state index in [4.69, 9.17) is 29.3 Å². The van der Waals surface area contributed by atoms with Crippen LogP contribution in [0.25, 0.3) is 16.6 Å². The number of nitrogens with one attached hydrogen (secondary N) is 2. The van der Waals surface area contributed by atoms with Crippen molar-refractivity contribution in [2.45, 2.75) is 44.7 Å². The minimum atomic E-state index is -0.504. The van der Waals surface area contributed by atoms with Crippen LogP contribution in [0.4, 0.5) is 10.3 Å². The number of anilines is 1. The van der Waals surface area contributed by atoms with E-state index in [1.54, 1.807) is 24.8 Å². The maximum Gasteiger partial charge on any atom is 0.227 e. The number of aromatic nitrogens is 4. The topological polar surface area (TPSA) is 115 Å². The SMILES string of the molecule is COc1ccc(CNc2nc3cc(OC)c(F)cc3c3nc([C@@H]4CC[C@H](C)N(C(=O)[C@@H]5CCNC5)C4)nn23)c(OC)c1. The van der Waals surface area contributed by atoms with Gasteiger partial charge in [0.05, 0.1) is 32.8 Å². The highest BCUT2D eigenvalue weighted by Crippen LogP contribution is 2.33. The van der Waals surface area contributed by atoms with Crippen LogP contribution in [0.15, 0.2) is 30.3 Å². The Bertz CT molecular complexity index is 1620. The molecule has 0 bridgehead atoms. The summed E-state index contributed by atoms with van der Waals surface area (Å²) in [6, 6.07) is 8.71. The lowest BCUT2D eigenvalue weighted by molar-refractivity contribution is -0.138. The zero-order valence-electron chi connectivity index (χ0n) is 24.3. The van der Waals surface area contributed by atoms with Gasteiger partial charge in [-0.1, -0.05) is 0 Å². The number of piperidine rings is 1. The average Bonchev–Trinajstić information content (AvgIpc) is 3.71. The molecule has 12 heteroatoms. The summed E-state index contributed by atoms with van der Waals surface area (Å²) in [5, 5.41) is 12.1. The molecule has 2 aliphatic rings.